The predicted octanol–water partition coefficient (Wildman–Crippen LogP) is -0.149. The molecule has 1 atom stereocenters. The quantitative estimate of drug-likeness (QED) is 0.550. The summed E-state index contributed by atoms with van der Waals surface area (Å²) in [6, 6.07) is 1.44. The van der Waals surface area contributed by atoms with Crippen LogP contribution in [0.5, 0.6) is 0 Å². The number of nitrogens with zero attached hydrogens (tertiary/aromatic N) is 1. The lowest BCUT2D eigenvalue weighted by atomic mass is 10.2. The molecule has 4 N–H and O–H groups in total. The van der Waals surface area contributed by atoms with Crippen LogP contribution >= 0.6 is 0 Å². The summed E-state index contributed by atoms with van der Waals surface area (Å²) in [6.07, 6.45) is 3.15. The summed E-state index contributed by atoms with van der Waals surface area (Å²) in [5.41, 5.74) is 0.924. The van der Waals surface area contributed by atoms with Crippen LogP contribution in [0.25, 0.3) is 0 Å². The number of carbonyl (C=O) groups is 3. The Labute approximate surface area is 114 Å². The van der Waals surface area contributed by atoms with Crippen LogP contribution in [0.2, 0.25) is 0 Å². The summed E-state index contributed by atoms with van der Waals surface area (Å²) in [6.45, 7) is 0.289. The number of carboxylic acids is 2. The average molecular weight is 281 g/mol. The van der Waals surface area contributed by atoms with E-state index in [1.54, 1.807) is 18.5 Å². The second-order valence-corrected chi connectivity index (χ2v) is 4.00. The van der Waals surface area contributed by atoms with Crippen molar-refractivity contribution in [3.63, 3.8) is 0 Å². The second-order valence-electron chi connectivity index (χ2n) is 4.00. The van der Waals surface area contributed by atoms with E-state index in [4.69, 9.17) is 10.2 Å². The maximum Gasteiger partial charge on any atom is 0.326 e. The maximum atomic E-state index is 11.4. The van der Waals surface area contributed by atoms with Crippen LogP contribution in [-0.4, -0.2) is 45.8 Å². The summed E-state index contributed by atoms with van der Waals surface area (Å²) < 4.78 is 0. The van der Waals surface area contributed by atoms with Crippen molar-refractivity contribution in [2.75, 3.05) is 6.54 Å². The van der Waals surface area contributed by atoms with E-state index in [1.807, 2.05) is 6.07 Å². The Hall–Kier alpha value is -2.64. The molecule has 0 saturated carbocycles. The van der Waals surface area contributed by atoms with Crippen molar-refractivity contribution >= 4 is 18.0 Å². The van der Waals surface area contributed by atoms with Crippen molar-refractivity contribution in [3.05, 3.63) is 30.1 Å². The first-order chi connectivity index (χ1) is 9.49. The van der Waals surface area contributed by atoms with Crippen molar-refractivity contribution in [1.82, 2.24) is 15.6 Å². The Balaban J connectivity index is 2.35. The first-order valence-electron chi connectivity index (χ1n) is 5.87. The SMILES string of the molecule is O=C(O)CC(NC(=O)NCCc1cccnc1)C(=O)O. The molecule has 0 aliphatic heterocycles. The van der Waals surface area contributed by atoms with Crippen LogP contribution in [0.4, 0.5) is 4.79 Å². The van der Waals surface area contributed by atoms with Gasteiger partial charge in [0, 0.05) is 18.9 Å². The van der Waals surface area contributed by atoms with Gasteiger partial charge in [0.1, 0.15) is 6.04 Å². The van der Waals surface area contributed by atoms with E-state index in [9.17, 15) is 14.4 Å². The molecular weight excluding hydrogens is 266 g/mol. The molecule has 1 heterocycles. The lowest BCUT2D eigenvalue weighted by Crippen LogP contribution is -2.47. The van der Waals surface area contributed by atoms with Gasteiger partial charge in [-0.3, -0.25) is 9.78 Å². The molecule has 0 aliphatic rings. The molecule has 0 saturated heterocycles. The first kappa shape index (κ1) is 15.4. The summed E-state index contributed by atoms with van der Waals surface area (Å²) >= 11 is 0. The van der Waals surface area contributed by atoms with E-state index in [0.29, 0.717) is 6.42 Å². The van der Waals surface area contributed by atoms with Gasteiger partial charge in [0.2, 0.25) is 0 Å². The number of amides is 2. The van der Waals surface area contributed by atoms with E-state index in [2.05, 4.69) is 15.6 Å². The molecule has 1 rings (SSSR count). The summed E-state index contributed by atoms with van der Waals surface area (Å²) in [5.74, 6) is -2.69. The number of hydrogen-bond acceptors (Lipinski definition) is 4. The first-order valence-corrected chi connectivity index (χ1v) is 5.87. The van der Waals surface area contributed by atoms with Crippen LogP contribution < -0.4 is 10.6 Å². The molecule has 8 heteroatoms. The topological polar surface area (TPSA) is 129 Å². The van der Waals surface area contributed by atoms with Crippen molar-refractivity contribution in [2.45, 2.75) is 18.9 Å². The number of nitrogens with one attached hydrogen (secondary N) is 2. The van der Waals surface area contributed by atoms with Crippen LogP contribution in [-0.2, 0) is 16.0 Å². The lowest BCUT2D eigenvalue weighted by molar-refractivity contribution is -0.145. The minimum atomic E-state index is -1.45. The number of urea groups is 1. The van der Waals surface area contributed by atoms with Crippen molar-refractivity contribution in [2.24, 2.45) is 0 Å². The van der Waals surface area contributed by atoms with E-state index in [-0.39, 0.29) is 6.54 Å². The molecule has 1 aromatic rings. The lowest BCUT2D eigenvalue weighted by Gasteiger charge is -2.13. The zero-order valence-corrected chi connectivity index (χ0v) is 10.6. The minimum absolute atomic E-state index is 0.289. The molecule has 8 nitrogen and oxygen atoms in total. The third-order valence-electron chi connectivity index (χ3n) is 2.40. The highest BCUT2D eigenvalue weighted by molar-refractivity contribution is 5.86. The molecule has 0 bridgehead atoms. The summed E-state index contributed by atoms with van der Waals surface area (Å²) in [7, 11) is 0. The monoisotopic (exact) mass is 281 g/mol. The van der Waals surface area contributed by atoms with Crippen LogP contribution in [0.15, 0.2) is 24.5 Å². The number of aromatic nitrogens is 1. The van der Waals surface area contributed by atoms with Crippen molar-refractivity contribution < 1.29 is 24.6 Å². The Morgan fingerprint density at radius 3 is 2.60 bits per heavy atom. The van der Waals surface area contributed by atoms with E-state index in [1.165, 1.54) is 0 Å². The van der Waals surface area contributed by atoms with Gasteiger partial charge in [0.25, 0.3) is 0 Å². The summed E-state index contributed by atoms with van der Waals surface area (Å²) in [4.78, 5) is 36.6. The molecule has 0 fully saturated rings. The average Bonchev–Trinajstić information content (AvgIpc) is 2.38. The Morgan fingerprint density at radius 2 is 2.05 bits per heavy atom. The molecule has 0 aliphatic carbocycles. The van der Waals surface area contributed by atoms with Gasteiger partial charge in [-0.05, 0) is 18.1 Å². The van der Waals surface area contributed by atoms with Crippen LogP contribution in [0.1, 0.15) is 12.0 Å². The zero-order valence-electron chi connectivity index (χ0n) is 10.6. The highest BCUT2D eigenvalue weighted by Crippen LogP contribution is 1.96. The largest absolute Gasteiger partial charge is 0.481 e. The Bertz CT molecular complexity index is 477. The van der Waals surface area contributed by atoms with Gasteiger partial charge in [0.15, 0.2) is 0 Å². The van der Waals surface area contributed by atoms with Gasteiger partial charge < -0.3 is 20.8 Å². The zero-order chi connectivity index (χ0) is 15.0. The highest BCUT2D eigenvalue weighted by Gasteiger charge is 2.22. The normalized spacial score (nSPS) is 11.4. The fourth-order valence-corrected chi connectivity index (χ4v) is 1.45. The van der Waals surface area contributed by atoms with Crippen molar-refractivity contribution in [1.29, 1.82) is 0 Å². The van der Waals surface area contributed by atoms with E-state index >= 15 is 0 Å². The molecule has 2 amide bonds. The molecule has 20 heavy (non-hydrogen) atoms. The minimum Gasteiger partial charge on any atom is -0.481 e. The number of aliphatic carboxylic acids is 2. The van der Waals surface area contributed by atoms with Gasteiger partial charge >= 0.3 is 18.0 Å². The van der Waals surface area contributed by atoms with Gasteiger partial charge in [-0.25, -0.2) is 9.59 Å². The molecular formula is C12H15N3O5. The standard InChI is InChI=1S/C12H15N3O5/c16-10(17)6-9(11(18)19)15-12(20)14-5-3-8-2-1-4-13-7-8/h1-2,4,7,9H,3,5-6H2,(H,16,17)(H,18,19)(H2,14,15,20). The third-order valence-corrected chi connectivity index (χ3v) is 2.40. The molecule has 1 aromatic heterocycles. The maximum absolute atomic E-state index is 11.4. The second kappa shape index (κ2) is 7.72. The van der Waals surface area contributed by atoms with Crippen LogP contribution in [0, 0.1) is 0 Å². The van der Waals surface area contributed by atoms with Gasteiger partial charge in [-0.2, -0.15) is 0 Å². The number of pyridine rings is 1. The molecule has 1 unspecified atom stereocenters. The molecule has 108 valence electrons. The Kier molecular flexibility index (Phi) is 5.95. The van der Waals surface area contributed by atoms with Gasteiger partial charge in [0.05, 0.1) is 6.42 Å². The number of carbonyl (C=O) groups excluding carboxylic acids is 1. The summed E-state index contributed by atoms with van der Waals surface area (Å²) in [5, 5.41) is 21.8. The smallest absolute Gasteiger partial charge is 0.326 e. The Morgan fingerprint density at radius 1 is 1.30 bits per heavy atom. The van der Waals surface area contributed by atoms with Crippen molar-refractivity contribution in [3.8, 4) is 0 Å². The fourth-order valence-electron chi connectivity index (χ4n) is 1.45. The van der Waals surface area contributed by atoms with Gasteiger partial charge in [-0.15, -0.1) is 0 Å². The number of rotatable bonds is 7. The number of hydrogen-bond donors (Lipinski definition) is 4. The number of carboxylic acid groups (broad SMARTS) is 2. The van der Waals surface area contributed by atoms with E-state index < -0.39 is 30.4 Å². The molecule has 0 aromatic carbocycles. The third kappa shape index (κ3) is 5.80. The molecule has 0 spiro atoms. The molecule has 0 radical (unpaired) electrons. The fraction of sp³-hybridized carbons (Fsp3) is 0.333. The van der Waals surface area contributed by atoms with E-state index in [0.717, 1.165) is 5.56 Å². The highest BCUT2D eigenvalue weighted by atomic mass is 16.4. The van der Waals surface area contributed by atoms with Gasteiger partial charge in [-0.1, -0.05) is 6.07 Å². The predicted molar refractivity (Wildman–Crippen MR) is 68.2 cm³/mol. The van der Waals surface area contributed by atoms with Crippen LogP contribution in [0.3, 0.4) is 0 Å².